The maximum atomic E-state index is 12.8. The summed E-state index contributed by atoms with van der Waals surface area (Å²) in [4.78, 5) is 0. The molecule has 0 aliphatic carbocycles. The highest BCUT2D eigenvalue weighted by atomic mass is 19.1. The molecule has 0 radical (unpaired) electrons. The summed E-state index contributed by atoms with van der Waals surface area (Å²) in [6.45, 7) is 3.94. The molecule has 1 unspecified atom stereocenters. The molecule has 1 aromatic carbocycles. The average molecular weight is 179 g/mol. The van der Waals surface area contributed by atoms with E-state index in [9.17, 15) is 4.39 Å². The molecule has 0 fully saturated rings. The van der Waals surface area contributed by atoms with Gasteiger partial charge in [0, 0.05) is 6.04 Å². The van der Waals surface area contributed by atoms with Crippen LogP contribution in [0.1, 0.15) is 25.5 Å². The molecule has 1 aromatic rings. The van der Waals surface area contributed by atoms with Crippen molar-refractivity contribution >= 4 is 0 Å². The summed E-state index contributed by atoms with van der Waals surface area (Å²) in [5.41, 5.74) is 7.76. The van der Waals surface area contributed by atoms with E-state index in [0.29, 0.717) is 0 Å². The first-order valence-corrected chi connectivity index (χ1v) is 4.25. The predicted octanol–water partition coefficient (Wildman–Crippen LogP) is 2.79. The van der Waals surface area contributed by atoms with Gasteiger partial charge in [-0.05, 0) is 31.5 Å². The second-order valence-electron chi connectivity index (χ2n) is 3.32. The molecule has 2 N–H and O–H groups in total. The van der Waals surface area contributed by atoms with E-state index in [-0.39, 0.29) is 11.9 Å². The van der Waals surface area contributed by atoms with Gasteiger partial charge in [-0.1, -0.05) is 23.8 Å². The van der Waals surface area contributed by atoms with E-state index in [1.807, 2.05) is 26.0 Å². The Bertz CT molecular complexity index is 314. The lowest BCUT2D eigenvalue weighted by atomic mass is 10.1. The second kappa shape index (κ2) is 4.19. The average Bonchev–Trinajstić information content (AvgIpc) is 2.03. The number of nitrogens with two attached hydrogens (primary N) is 1. The third kappa shape index (κ3) is 2.99. The normalized spacial score (nSPS) is 12.3. The number of allylic oxidation sites excluding steroid dienone is 1. The van der Waals surface area contributed by atoms with Crippen molar-refractivity contribution in [3.8, 4) is 0 Å². The third-order valence-electron chi connectivity index (χ3n) is 1.75. The summed E-state index contributed by atoms with van der Waals surface area (Å²) in [6, 6.07) is 6.17. The van der Waals surface area contributed by atoms with Gasteiger partial charge in [0.2, 0.25) is 0 Å². The van der Waals surface area contributed by atoms with Crippen molar-refractivity contribution in [1.82, 2.24) is 0 Å². The van der Waals surface area contributed by atoms with Gasteiger partial charge in [-0.25, -0.2) is 4.39 Å². The van der Waals surface area contributed by atoms with Gasteiger partial charge in [0.1, 0.15) is 5.82 Å². The Hall–Kier alpha value is -1.15. The van der Waals surface area contributed by atoms with Crippen molar-refractivity contribution in [1.29, 1.82) is 0 Å². The molecule has 1 nitrogen and oxygen atoms in total. The topological polar surface area (TPSA) is 26.0 Å². The smallest absolute Gasteiger partial charge is 0.123 e. The van der Waals surface area contributed by atoms with Crippen molar-refractivity contribution < 1.29 is 4.39 Å². The summed E-state index contributed by atoms with van der Waals surface area (Å²) in [6.07, 6.45) is 1.91. The van der Waals surface area contributed by atoms with Crippen LogP contribution < -0.4 is 5.73 Å². The van der Waals surface area contributed by atoms with Crippen LogP contribution >= 0.6 is 0 Å². The number of benzene rings is 1. The molecule has 0 spiro atoms. The fourth-order valence-corrected chi connectivity index (χ4v) is 1.17. The molecule has 2 heteroatoms. The van der Waals surface area contributed by atoms with Crippen LogP contribution in [0.4, 0.5) is 4.39 Å². The van der Waals surface area contributed by atoms with E-state index in [4.69, 9.17) is 5.73 Å². The summed E-state index contributed by atoms with van der Waals surface area (Å²) < 4.78 is 12.8. The predicted molar refractivity (Wildman–Crippen MR) is 52.8 cm³/mol. The zero-order valence-electron chi connectivity index (χ0n) is 7.92. The zero-order valence-corrected chi connectivity index (χ0v) is 7.92. The van der Waals surface area contributed by atoms with Gasteiger partial charge < -0.3 is 5.73 Å². The Labute approximate surface area is 78.1 Å². The lowest BCUT2D eigenvalue weighted by Crippen LogP contribution is -2.07. The van der Waals surface area contributed by atoms with Gasteiger partial charge in [-0.3, -0.25) is 0 Å². The van der Waals surface area contributed by atoms with E-state index in [0.717, 1.165) is 11.1 Å². The molecule has 0 saturated heterocycles. The van der Waals surface area contributed by atoms with Crippen LogP contribution in [0, 0.1) is 5.82 Å². The Balaban J connectivity index is 2.89. The zero-order chi connectivity index (χ0) is 9.84. The van der Waals surface area contributed by atoms with Crippen LogP contribution in [0.3, 0.4) is 0 Å². The van der Waals surface area contributed by atoms with Crippen LogP contribution in [-0.4, -0.2) is 0 Å². The second-order valence-corrected chi connectivity index (χ2v) is 3.32. The van der Waals surface area contributed by atoms with Crippen LogP contribution in [-0.2, 0) is 0 Å². The van der Waals surface area contributed by atoms with E-state index in [1.54, 1.807) is 6.07 Å². The number of halogens is 1. The van der Waals surface area contributed by atoms with Gasteiger partial charge in [-0.2, -0.15) is 0 Å². The minimum absolute atomic E-state index is 0.208. The monoisotopic (exact) mass is 179 g/mol. The highest BCUT2D eigenvalue weighted by Gasteiger charge is 2.02. The van der Waals surface area contributed by atoms with E-state index >= 15 is 0 Å². The molecule has 1 rings (SSSR count). The van der Waals surface area contributed by atoms with Crippen LogP contribution in [0.5, 0.6) is 0 Å². The Morgan fingerprint density at radius 1 is 1.46 bits per heavy atom. The molecule has 0 aromatic heterocycles. The lowest BCUT2D eigenvalue weighted by molar-refractivity contribution is 0.624. The van der Waals surface area contributed by atoms with E-state index < -0.39 is 0 Å². The Kier molecular flexibility index (Phi) is 3.20. The fourth-order valence-electron chi connectivity index (χ4n) is 1.17. The maximum Gasteiger partial charge on any atom is 0.123 e. The summed E-state index contributed by atoms with van der Waals surface area (Å²) in [7, 11) is 0. The molecular formula is C11H14FN. The van der Waals surface area contributed by atoms with Gasteiger partial charge >= 0.3 is 0 Å². The van der Waals surface area contributed by atoms with Crippen LogP contribution in [0.15, 0.2) is 35.9 Å². The minimum Gasteiger partial charge on any atom is -0.321 e. The van der Waals surface area contributed by atoms with Gasteiger partial charge in [0.25, 0.3) is 0 Å². The standard InChI is InChI=1S/C11H14FN/c1-8(2)6-11(13)9-4-3-5-10(12)7-9/h3-7,11H,13H2,1-2H3. The highest BCUT2D eigenvalue weighted by molar-refractivity contribution is 5.24. The SMILES string of the molecule is CC(C)=CC(N)c1cccc(F)c1. The molecule has 13 heavy (non-hydrogen) atoms. The largest absolute Gasteiger partial charge is 0.321 e. The van der Waals surface area contributed by atoms with E-state index in [2.05, 4.69) is 0 Å². The van der Waals surface area contributed by atoms with Crippen molar-refractivity contribution in [3.05, 3.63) is 47.3 Å². The van der Waals surface area contributed by atoms with Crippen molar-refractivity contribution in [3.63, 3.8) is 0 Å². The Morgan fingerprint density at radius 3 is 2.69 bits per heavy atom. The van der Waals surface area contributed by atoms with Crippen molar-refractivity contribution in [2.45, 2.75) is 19.9 Å². The molecular weight excluding hydrogens is 165 g/mol. The van der Waals surface area contributed by atoms with Crippen LogP contribution in [0.2, 0.25) is 0 Å². The van der Waals surface area contributed by atoms with Gasteiger partial charge in [0.05, 0.1) is 0 Å². The molecule has 70 valence electrons. The third-order valence-corrected chi connectivity index (χ3v) is 1.75. The summed E-state index contributed by atoms with van der Waals surface area (Å²) in [5.74, 6) is -0.241. The van der Waals surface area contributed by atoms with Gasteiger partial charge in [-0.15, -0.1) is 0 Å². The van der Waals surface area contributed by atoms with E-state index in [1.165, 1.54) is 12.1 Å². The Morgan fingerprint density at radius 2 is 2.15 bits per heavy atom. The first-order valence-electron chi connectivity index (χ1n) is 4.25. The first-order chi connectivity index (χ1) is 6.09. The first kappa shape index (κ1) is 9.93. The molecule has 0 heterocycles. The number of hydrogen-bond donors (Lipinski definition) is 1. The minimum atomic E-state index is -0.241. The summed E-state index contributed by atoms with van der Waals surface area (Å²) >= 11 is 0. The highest BCUT2D eigenvalue weighted by Crippen LogP contribution is 2.14. The molecule has 0 aliphatic heterocycles. The molecule has 0 aliphatic rings. The molecule has 1 atom stereocenters. The molecule has 0 amide bonds. The van der Waals surface area contributed by atoms with Crippen molar-refractivity contribution in [2.24, 2.45) is 5.73 Å². The summed E-state index contributed by atoms with van der Waals surface area (Å²) in [5, 5.41) is 0. The lowest BCUT2D eigenvalue weighted by Gasteiger charge is -2.07. The molecule has 0 bridgehead atoms. The fraction of sp³-hybridized carbons (Fsp3) is 0.273. The van der Waals surface area contributed by atoms with Crippen LogP contribution in [0.25, 0.3) is 0 Å². The van der Waals surface area contributed by atoms with Gasteiger partial charge in [0.15, 0.2) is 0 Å². The maximum absolute atomic E-state index is 12.8. The number of hydrogen-bond acceptors (Lipinski definition) is 1. The molecule has 0 saturated carbocycles. The number of rotatable bonds is 2. The quantitative estimate of drug-likeness (QED) is 0.694. The van der Waals surface area contributed by atoms with Crippen molar-refractivity contribution in [2.75, 3.05) is 0 Å².